The Morgan fingerprint density at radius 1 is 0.897 bits per heavy atom. The van der Waals surface area contributed by atoms with E-state index in [0.29, 0.717) is 13.0 Å². The minimum Gasteiger partial charge on any atom is -0.479 e. The second-order valence-corrected chi connectivity index (χ2v) is 7.57. The van der Waals surface area contributed by atoms with E-state index in [0.717, 1.165) is 22.5 Å². The van der Waals surface area contributed by atoms with Crippen LogP contribution in [0.5, 0.6) is 0 Å². The maximum Gasteiger partial charge on any atom is 0.333 e. The molecule has 0 saturated carbocycles. The van der Waals surface area contributed by atoms with E-state index in [-0.39, 0.29) is 6.04 Å². The molecule has 3 aromatic rings. The number of carboxylic acid groups (broad SMARTS) is 1. The summed E-state index contributed by atoms with van der Waals surface area (Å²) in [7, 11) is 0. The van der Waals surface area contributed by atoms with Crippen LogP contribution in [0.4, 0.5) is 0 Å². The van der Waals surface area contributed by atoms with Crippen LogP contribution < -0.4 is 0 Å². The predicted molar refractivity (Wildman–Crippen MR) is 115 cm³/mol. The summed E-state index contributed by atoms with van der Waals surface area (Å²) in [6.45, 7) is 2.33. The summed E-state index contributed by atoms with van der Waals surface area (Å²) < 4.78 is 0. The van der Waals surface area contributed by atoms with Crippen molar-refractivity contribution in [3.63, 3.8) is 0 Å². The topological polar surface area (TPSA) is 52.9 Å². The van der Waals surface area contributed by atoms with E-state index < -0.39 is 11.5 Å². The van der Waals surface area contributed by atoms with Crippen LogP contribution >= 0.6 is 0 Å². The Kier molecular flexibility index (Phi) is 5.17. The van der Waals surface area contributed by atoms with E-state index in [1.165, 1.54) is 0 Å². The fourth-order valence-corrected chi connectivity index (χ4v) is 4.03. The Morgan fingerprint density at radius 3 is 1.97 bits per heavy atom. The minimum atomic E-state index is -1.25. The number of nitrogens with zero attached hydrogens (tertiary/aromatic N) is 2. The van der Waals surface area contributed by atoms with Crippen molar-refractivity contribution < 1.29 is 9.90 Å². The third kappa shape index (κ3) is 3.79. The molecule has 4 rings (SSSR count). The summed E-state index contributed by atoms with van der Waals surface area (Å²) in [5, 5.41) is 10.1. The zero-order chi connectivity index (χ0) is 20.3. The summed E-state index contributed by atoms with van der Waals surface area (Å²) in [5.74, 6) is -0.105. The van der Waals surface area contributed by atoms with Crippen molar-refractivity contribution in [2.24, 2.45) is 4.99 Å². The number of aliphatic carboxylic acids is 1. The largest absolute Gasteiger partial charge is 0.479 e. The number of aliphatic imine (C=N–C) groups is 1. The van der Waals surface area contributed by atoms with Crippen LogP contribution in [0, 0.1) is 0 Å². The van der Waals surface area contributed by atoms with E-state index >= 15 is 0 Å². The maximum absolute atomic E-state index is 12.4. The average Bonchev–Trinajstić information content (AvgIpc) is 3.02. The molecule has 0 spiro atoms. The molecule has 146 valence electrons. The predicted octanol–water partition coefficient (Wildman–Crippen LogP) is 4.73. The van der Waals surface area contributed by atoms with Crippen molar-refractivity contribution in [1.82, 2.24) is 4.90 Å². The van der Waals surface area contributed by atoms with Gasteiger partial charge in [0.2, 0.25) is 0 Å². The van der Waals surface area contributed by atoms with Gasteiger partial charge in [-0.3, -0.25) is 4.99 Å². The first-order chi connectivity index (χ1) is 14.1. The third-order valence-corrected chi connectivity index (χ3v) is 5.49. The van der Waals surface area contributed by atoms with E-state index in [4.69, 9.17) is 4.99 Å². The van der Waals surface area contributed by atoms with Gasteiger partial charge in [-0.1, -0.05) is 91.0 Å². The maximum atomic E-state index is 12.4. The number of rotatable bonds is 6. The Hall–Kier alpha value is -3.40. The monoisotopic (exact) mass is 384 g/mol. The molecule has 1 N–H and O–H groups in total. The Balaban J connectivity index is 1.79. The molecule has 4 nitrogen and oxygen atoms in total. The fourth-order valence-electron chi connectivity index (χ4n) is 4.03. The molecule has 0 fully saturated rings. The smallest absolute Gasteiger partial charge is 0.333 e. The number of amidine groups is 1. The molecule has 1 aliphatic rings. The van der Waals surface area contributed by atoms with Crippen LogP contribution in [-0.2, 0) is 17.8 Å². The van der Waals surface area contributed by atoms with Crippen LogP contribution in [0.15, 0.2) is 96.0 Å². The Bertz CT molecular complexity index is 1000. The van der Waals surface area contributed by atoms with Crippen molar-refractivity contribution in [1.29, 1.82) is 0 Å². The second kappa shape index (κ2) is 7.92. The third-order valence-electron chi connectivity index (χ3n) is 5.49. The van der Waals surface area contributed by atoms with Crippen LogP contribution in [0.25, 0.3) is 0 Å². The van der Waals surface area contributed by atoms with Crippen LogP contribution in [-0.4, -0.2) is 27.4 Å². The summed E-state index contributed by atoms with van der Waals surface area (Å²) in [6.07, 6.45) is 0.597. The Morgan fingerprint density at radius 2 is 1.41 bits per heavy atom. The Labute approximate surface area is 171 Å². The minimum absolute atomic E-state index is 0.375. The molecule has 0 amide bonds. The van der Waals surface area contributed by atoms with Gasteiger partial charge in [0.05, 0.1) is 6.04 Å². The van der Waals surface area contributed by atoms with Gasteiger partial charge in [-0.2, -0.15) is 0 Å². The van der Waals surface area contributed by atoms with Crippen LogP contribution in [0.1, 0.15) is 29.7 Å². The number of carbonyl (C=O) groups is 1. The SMILES string of the molecule is C[C@]1(C(=O)O)N=C(Cc2ccccc2)N(Cc2ccccc2)[C@H]1c1ccccc1. The van der Waals surface area contributed by atoms with Crippen molar-refractivity contribution in [3.8, 4) is 0 Å². The highest BCUT2D eigenvalue weighted by Gasteiger charge is 2.51. The lowest BCUT2D eigenvalue weighted by atomic mass is 9.87. The summed E-state index contributed by atoms with van der Waals surface area (Å²) in [5.41, 5.74) is 1.95. The van der Waals surface area contributed by atoms with Gasteiger partial charge in [0, 0.05) is 13.0 Å². The first kappa shape index (κ1) is 18.9. The van der Waals surface area contributed by atoms with Gasteiger partial charge < -0.3 is 10.0 Å². The average molecular weight is 384 g/mol. The molecule has 3 aromatic carbocycles. The molecule has 0 unspecified atom stereocenters. The van der Waals surface area contributed by atoms with Gasteiger partial charge in [-0.25, -0.2) is 4.79 Å². The molecule has 4 heteroatoms. The lowest BCUT2D eigenvalue weighted by molar-refractivity contribution is -0.144. The highest BCUT2D eigenvalue weighted by molar-refractivity contribution is 5.94. The molecule has 2 atom stereocenters. The number of hydrogen-bond donors (Lipinski definition) is 1. The highest BCUT2D eigenvalue weighted by Crippen LogP contribution is 2.42. The first-order valence-corrected chi connectivity index (χ1v) is 9.79. The molecule has 1 heterocycles. The molecule has 0 radical (unpaired) electrons. The van der Waals surface area contributed by atoms with Gasteiger partial charge in [0.1, 0.15) is 5.84 Å². The van der Waals surface area contributed by atoms with E-state index in [9.17, 15) is 9.90 Å². The van der Waals surface area contributed by atoms with Crippen LogP contribution in [0.3, 0.4) is 0 Å². The fraction of sp³-hybridized carbons (Fsp3) is 0.200. The molecular weight excluding hydrogens is 360 g/mol. The molecular formula is C25H24N2O2. The standard InChI is InChI=1S/C25H24N2O2/c1-25(24(28)29)23(21-15-9-4-10-16-21)27(18-20-13-7-3-8-14-20)22(26-25)17-19-11-5-2-6-12-19/h2-16,23H,17-18H2,1H3,(H,28,29)/t23-,25-/m0/s1. The van der Waals surface area contributed by atoms with Crippen LogP contribution in [0.2, 0.25) is 0 Å². The van der Waals surface area contributed by atoms with E-state index in [1.807, 2.05) is 66.7 Å². The van der Waals surface area contributed by atoms with Crippen molar-refractivity contribution in [2.45, 2.75) is 31.5 Å². The molecule has 1 aliphatic heterocycles. The number of carboxylic acids is 1. The molecule has 29 heavy (non-hydrogen) atoms. The normalized spacial score (nSPS) is 21.1. The van der Waals surface area contributed by atoms with Gasteiger partial charge in [-0.05, 0) is 23.6 Å². The highest BCUT2D eigenvalue weighted by atomic mass is 16.4. The zero-order valence-electron chi connectivity index (χ0n) is 16.4. The number of hydrogen-bond acceptors (Lipinski definition) is 3. The second-order valence-electron chi connectivity index (χ2n) is 7.57. The van der Waals surface area contributed by atoms with Crippen molar-refractivity contribution in [3.05, 3.63) is 108 Å². The lowest BCUT2D eigenvalue weighted by Gasteiger charge is -2.34. The molecule has 0 bridgehead atoms. The summed E-state index contributed by atoms with van der Waals surface area (Å²) in [4.78, 5) is 19.3. The molecule has 0 aromatic heterocycles. The van der Waals surface area contributed by atoms with Gasteiger partial charge in [0.25, 0.3) is 0 Å². The van der Waals surface area contributed by atoms with E-state index in [1.54, 1.807) is 6.92 Å². The summed E-state index contributed by atoms with van der Waals surface area (Å²) in [6, 6.07) is 29.7. The van der Waals surface area contributed by atoms with Crippen molar-refractivity contribution >= 4 is 11.8 Å². The zero-order valence-corrected chi connectivity index (χ0v) is 16.4. The van der Waals surface area contributed by atoms with Crippen molar-refractivity contribution in [2.75, 3.05) is 0 Å². The quantitative estimate of drug-likeness (QED) is 0.669. The molecule has 0 saturated heterocycles. The van der Waals surface area contributed by atoms with E-state index in [2.05, 4.69) is 29.2 Å². The summed E-state index contributed by atoms with van der Waals surface area (Å²) >= 11 is 0. The van der Waals surface area contributed by atoms with Gasteiger partial charge in [-0.15, -0.1) is 0 Å². The number of benzene rings is 3. The van der Waals surface area contributed by atoms with Gasteiger partial charge in [0.15, 0.2) is 5.54 Å². The lowest BCUT2D eigenvalue weighted by Crippen LogP contribution is -2.43. The molecule has 0 aliphatic carbocycles. The van der Waals surface area contributed by atoms with Gasteiger partial charge >= 0.3 is 5.97 Å². The first-order valence-electron chi connectivity index (χ1n) is 9.79.